The number of hydrogen-bond acceptors (Lipinski definition) is 2. The molecule has 0 aliphatic carbocycles. The van der Waals surface area contributed by atoms with Crippen molar-refractivity contribution < 1.29 is 9.53 Å². The maximum absolute atomic E-state index is 11.2. The lowest BCUT2D eigenvalue weighted by Crippen LogP contribution is -2.13. The second kappa shape index (κ2) is 3.86. The molecule has 1 rings (SSSR count). The summed E-state index contributed by atoms with van der Waals surface area (Å²) in [4.78, 5) is 11.2. The minimum absolute atomic E-state index is 0.190. The molecule has 0 aromatic rings. The van der Waals surface area contributed by atoms with Crippen molar-refractivity contribution in [3.05, 3.63) is 0 Å². The van der Waals surface area contributed by atoms with Gasteiger partial charge in [0.05, 0.1) is 0 Å². The molecule has 0 saturated carbocycles. The van der Waals surface area contributed by atoms with Crippen molar-refractivity contribution in [1.29, 1.82) is 0 Å². The number of hydrogen-bond donors (Lipinski definition) is 0. The first-order chi connectivity index (χ1) is 5.20. The van der Waals surface area contributed by atoms with E-state index in [-0.39, 0.29) is 5.92 Å². The third-order valence-corrected chi connectivity index (χ3v) is 2.16. The fraction of sp³-hybridized carbons (Fsp3) is 0.889. The fourth-order valence-corrected chi connectivity index (χ4v) is 1.26. The summed E-state index contributed by atoms with van der Waals surface area (Å²) in [6, 6.07) is 0. The molecule has 11 heavy (non-hydrogen) atoms. The van der Waals surface area contributed by atoms with Crippen LogP contribution in [0.15, 0.2) is 0 Å². The highest BCUT2D eigenvalue weighted by Crippen LogP contribution is 2.18. The summed E-state index contributed by atoms with van der Waals surface area (Å²) in [7, 11) is 0. The van der Waals surface area contributed by atoms with Crippen molar-refractivity contribution in [3.8, 4) is 0 Å². The standard InChI is InChI=1S/C9H16O2/c1-7(2)9(10)5-8-3-4-11-6-8/h7-8H,3-6H2,1-2H3/t8-/m1/s1. The van der Waals surface area contributed by atoms with Gasteiger partial charge in [-0.15, -0.1) is 0 Å². The molecule has 0 bridgehead atoms. The first-order valence-electron chi connectivity index (χ1n) is 4.30. The van der Waals surface area contributed by atoms with Crippen LogP contribution in [0.2, 0.25) is 0 Å². The molecule has 2 heteroatoms. The highest BCUT2D eigenvalue weighted by Gasteiger charge is 2.20. The van der Waals surface area contributed by atoms with Crippen LogP contribution in [0, 0.1) is 11.8 Å². The largest absolute Gasteiger partial charge is 0.381 e. The SMILES string of the molecule is CC(C)C(=O)C[C@H]1CCOC1. The van der Waals surface area contributed by atoms with Crippen LogP contribution in [-0.4, -0.2) is 19.0 Å². The van der Waals surface area contributed by atoms with E-state index in [1.165, 1.54) is 0 Å². The smallest absolute Gasteiger partial charge is 0.135 e. The second-order valence-electron chi connectivity index (χ2n) is 3.55. The van der Waals surface area contributed by atoms with Crippen molar-refractivity contribution in [3.63, 3.8) is 0 Å². The normalized spacial score (nSPS) is 24.5. The minimum atomic E-state index is 0.190. The van der Waals surface area contributed by atoms with Gasteiger partial charge in [-0.25, -0.2) is 0 Å². The van der Waals surface area contributed by atoms with Gasteiger partial charge in [-0.3, -0.25) is 4.79 Å². The number of carbonyl (C=O) groups excluding carboxylic acids is 1. The zero-order valence-corrected chi connectivity index (χ0v) is 7.30. The molecule has 2 nitrogen and oxygen atoms in total. The zero-order valence-electron chi connectivity index (χ0n) is 7.30. The van der Waals surface area contributed by atoms with Gasteiger partial charge in [0.15, 0.2) is 0 Å². The number of ether oxygens (including phenoxy) is 1. The lowest BCUT2D eigenvalue weighted by Gasteiger charge is -2.07. The molecule has 64 valence electrons. The maximum atomic E-state index is 11.2. The Balaban J connectivity index is 2.24. The third-order valence-electron chi connectivity index (χ3n) is 2.16. The summed E-state index contributed by atoms with van der Waals surface area (Å²) in [5, 5.41) is 0. The molecule has 1 saturated heterocycles. The van der Waals surface area contributed by atoms with E-state index in [0.717, 1.165) is 26.1 Å². The molecule has 1 atom stereocenters. The average Bonchev–Trinajstić information content (AvgIpc) is 2.39. The van der Waals surface area contributed by atoms with Crippen molar-refractivity contribution >= 4 is 5.78 Å². The van der Waals surface area contributed by atoms with Crippen molar-refractivity contribution in [1.82, 2.24) is 0 Å². The summed E-state index contributed by atoms with van der Waals surface area (Å²) in [5.41, 5.74) is 0. The van der Waals surface area contributed by atoms with E-state index in [0.29, 0.717) is 11.7 Å². The van der Waals surface area contributed by atoms with E-state index in [1.807, 2.05) is 13.8 Å². The third kappa shape index (κ3) is 2.62. The van der Waals surface area contributed by atoms with E-state index < -0.39 is 0 Å². The highest BCUT2D eigenvalue weighted by molar-refractivity contribution is 5.80. The highest BCUT2D eigenvalue weighted by atomic mass is 16.5. The average molecular weight is 156 g/mol. The number of carbonyl (C=O) groups is 1. The van der Waals surface area contributed by atoms with Gasteiger partial charge in [0, 0.05) is 25.6 Å². The predicted molar refractivity (Wildman–Crippen MR) is 43.4 cm³/mol. The van der Waals surface area contributed by atoms with E-state index in [9.17, 15) is 4.79 Å². The maximum Gasteiger partial charge on any atom is 0.135 e. The number of ketones is 1. The van der Waals surface area contributed by atoms with Crippen molar-refractivity contribution in [2.75, 3.05) is 13.2 Å². The number of rotatable bonds is 3. The number of Topliss-reactive ketones (excluding diaryl/α,β-unsaturated/α-hetero) is 1. The van der Waals surface area contributed by atoms with Gasteiger partial charge >= 0.3 is 0 Å². The van der Waals surface area contributed by atoms with E-state index in [4.69, 9.17) is 4.74 Å². The predicted octanol–water partition coefficient (Wildman–Crippen LogP) is 1.64. The molecule has 1 aliphatic rings. The lowest BCUT2D eigenvalue weighted by molar-refractivity contribution is -0.122. The van der Waals surface area contributed by atoms with Gasteiger partial charge in [-0.1, -0.05) is 13.8 Å². The molecule has 1 heterocycles. The Labute approximate surface area is 67.9 Å². The Morgan fingerprint density at radius 1 is 1.64 bits per heavy atom. The molecule has 0 amide bonds. The van der Waals surface area contributed by atoms with E-state index >= 15 is 0 Å². The Morgan fingerprint density at radius 3 is 2.82 bits per heavy atom. The monoisotopic (exact) mass is 156 g/mol. The van der Waals surface area contributed by atoms with Crippen LogP contribution in [0.5, 0.6) is 0 Å². The van der Waals surface area contributed by atoms with Gasteiger partial charge in [0.1, 0.15) is 5.78 Å². The minimum Gasteiger partial charge on any atom is -0.381 e. The fourth-order valence-electron chi connectivity index (χ4n) is 1.26. The van der Waals surface area contributed by atoms with Crippen LogP contribution >= 0.6 is 0 Å². The first-order valence-corrected chi connectivity index (χ1v) is 4.30. The van der Waals surface area contributed by atoms with Gasteiger partial charge in [-0.2, -0.15) is 0 Å². The molecule has 1 fully saturated rings. The molecule has 1 aliphatic heterocycles. The van der Waals surface area contributed by atoms with Crippen molar-refractivity contribution in [2.24, 2.45) is 11.8 Å². The molecule has 0 aromatic heterocycles. The van der Waals surface area contributed by atoms with Crippen LogP contribution in [0.3, 0.4) is 0 Å². The van der Waals surface area contributed by atoms with Crippen LogP contribution < -0.4 is 0 Å². The van der Waals surface area contributed by atoms with Crippen molar-refractivity contribution in [2.45, 2.75) is 26.7 Å². The van der Waals surface area contributed by atoms with Gasteiger partial charge in [0.2, 0.25) is 0 Å². The molecule has 0 radical (unpaired) electrons. The van der Waals surface area contributed by atoms with Crippen LogP contribution in [0.4, 0.5) is 0 Å². The van der Waals surface area contributed by atoms with Crippen LogP contribution in [0.25, 0.3) is 0 Å². The van der Waals surface area contributed by atoms with E-state index in [2.05, 4.69) is 0 Å². The summed E-state index contributed by atoms with van der Waals surface area (Å²) in [6.45, 7) is 5.55. The first kappa shape index (κ1) is 8.72. The van der Waals surface area contributed by atoms with E-state index in [1.54, 1.807) is 0 Å². The lowest BCUT2D eigenvalue weighted by atomic mass is 9.96. The Kier molecular flexibility index (Phi) is 3.06. The molecular formula is C9H16O2. The van der Waals surface area contributed by atoms with Gasteiger partial charge < -0.3 is 4.74 Å². The Hall–Kier alpha value is -0.370. The Bertz CT molecular complexity index is 134. The summed E-state index contributed by atoms with van der Waals surface area (Å²) in [6.07, 6.45) is 1.79. The summed E-state index contributed by atoms with van der Waals surface area (Å²) >= 11 is 0. The molecular weight excluding hydrogens is 140 g/mol. The van der Waals surface area contributed by atoms with Gasteiger partial charge in [-0.05, 0) is 12.3 Å². The molecule has 0 aromatic carbocycles. The summed E-state index contributed by atoms with van der Waals surface area (Å²) in [5.74, 6) is 1.07. The van der Waals surface area contributed by atoms with Crippen LogP contribution in [-0.2, 0) is 9.53 Å². The Morgan fingerprint density at radius 2 is 2.36 bits per heavy atom. The zero-order chi connectivity index (χ0) is 8.27. The quantitative estimate of drug-likeness (QED) is 0.621. The molecule has 0 N–H and O–H groups in total. The van der Waals surface area contributed by atoms with Crippen LogP contribution in [0.1, 0.15) is 26.7 Å². The van der Waals surface area contributed by atoms with Gasteiger partial charge in [0.25, 0.3) is 0 Å². The molecule has 0 spiro atoms. The second-order valence-corrected chi connectivity index (χ2v) is 3.55. The topological polar surface area (TPSA) is 26.3 Å². The summed E-state index contributed by atoms with van der Waals surface area (Å²) < 4.78 is 5.19. The molecule has 0 unspecified atom stereocenters.